The molecule has 162 valence electrons. The summed E-state index contributed by atoms with van der Waals surface area (Å²) in [5, 5.41) is 13.5. The van der Waals surface area contributed by atoms with Crippen molar-refractivity contribution in [3.05, 3.63) is 60.7 Å². The maximum Gasteiger partial charge on any atom is 0.171 e. The molecule has 0 aliphatic carbocycles. The summed E-state index contributed by atoms with van der Waals surface area (Å²) in [6, 6.07) is 14.7. The molecule has 2 heterocycles. The predicted molar refractivity (Wildman–Crippen MR) is 119 cm³/mol. The van der Waals surface area contributed by atoms with Gasteiger partial charge < -0.3 is 19.3 Å². The molecule has 1 N–H and O–H groups in total. The van der Waals surface area contributed by atoms with Gasteiger partial charge in [-0.25, -0.2) is 0 Å². The zero-order valence-corrected chi connectivity index (χ0v) is 18.3. The van der Waals surface area contributed by atoms with Crippen LogP contribution in [0.3, 0.4) is 0 Å². The normalized spacial score (nSPS) is 33.6. The van der Waals surface area contributed by atoms with Crippen LogP contribution in [-0.4, -0.2) is 35.8 Å². The Kier molecular flexibility index (Phi) is 6.31. The summed E-state index contributed by atoms with van der Waals surface area (Å²) in [4.78, 5) is 0. The van der Waals surface area contributed by atoms with Crippen LogP contribution in [0.15, 0.2) is 55.1 Å². The first kappa shape index (κ1) is 21.5. The Balaban J connectivity index is 1.56. The van der Waals surface area contributed by atoms with E-state index in [2.05, 4.69) is 62.9 Å². The Morgan fingerprint density at radius 1 is 1.23 bits per heavy atom. The number of fused-ring (bicyclic) bond motifs is 1. The predicted octanol–water partition coefficient (Wildman–Crippen LogP) is 5.09. The molecule has 2 fully saturated rings. The van der Waals surface area contributed by atoms with E-state index in [4.69, 9.17) is 14.2 Å². The molecule has 0 amide bonds. The summed E-state index contributed by atoms with van der Waals surface area (Å²) < 4.78 is 19.1. The van der Waals surface area contributed by atoms with Crippen LogP contribution in [0.2, 0.25) is 0 Å². The van der Waals surface area contributed by atoms with Gasteiger partial charge in [0.15, 0.2) is 5.79 Å². The van der Waals surface area contributed by atoms with E-state index in [9.17, 15) is 5.11 Å². The summed E-state index contributed by atoms with van der Waals surface area (Å²) in [6.07, 6.45) is 2.25. The standard InChI is InChI=1S/C26H34O4/c1-5-17(2)23(27)25-24(18(3)19(4)26(30-25)13-8-14-29-26)28-16-20-11-12-21-9-6-7-10-22(21)15-20/h5-7,9-12,15,17-19,23-25,27H,1,8,13-14,16H2,2-4H3/t17-,18+,19+,23+,24-,25+,26-/m1/s1. The van der Waals surface area contributed by atoms with Gasteiger partial charge in [-0.2, -0.15) is 0 Å². The highest BCUT2D eigenvalue weighted by molar-refractivity contribution is 5.82. The van der Waals surface area contributed by atoms with E-state index in [1.807, 2.05) is 6.92 Å². The minimum atomic E-state index is -0.694. The SMILES string of the molecule is C=C[C@@H](C)[C@H](O)[C@@H]1O[C@]2(CCCO2)[C@@H](C)[C@H](C)[C@H]1OCc1ccc2ccccc2c1. The Hall–Kier alpha value is -1.72. The molecule has 7 atom stereocenters. The summed E-state index contributed by atoms with van der Waals surface area (Å²) >= 11 is 0. The zero-order chi connectivity index (χ0) is 21.3. The first-order valence-electron chi connectivity index (χ1n) is 11.2. The highest BCUT2D eigenvalue weighted by atomic mass is 16.7. The van der Waals surface area contributed by atoms with Gasteiger partial charge in [-0.1, -0.05) is 63.2 Å². The van der Waals surface area contributed by atoms with Crippen LogP contribution in [0.25, 0.3) is 10.8 Å². The lowest BCUT2D eigenvalue weighted by atomic mass is 9.76. The van der Waals surface area contributed by atoms with Gasteiger partial charge in [0.05, 0.1) is 25.4 Å². The fourth-order valence-corrected chi connectivity index (χ4v) is 4.95. The maximum atomic E-state index is 11.1. The second-order valence-electron chi connectivity index (χ2n) is 9.04. The summed E-state index contributed by atoms with van der Waals surface area (Å²) in [5.41, 5.74) is 1.12. The van der Waals surface area contributed by atoms with Crippen molar-refractivity contribution >= 4 is 10.8 Å². The quantitative estimate of drug-likeness (QED) is 0.674. The molecule has 4 nitrogen and oxygen atoms in total. The molecular weight excluding hydrogens is 376 g/mol. The zero-order valence-electron chi connectivity index (χ0n) is 18.3. The van der Waals surface area contributed by atoms with E-state index in [-0.39, 0.29) is 23.9 Å². The summed E-state index contributed by atoms with van der Waals surface area (Å²) in [6.45, 7) is 11.4. The largest absolute Gasteiger partial charge is 0.390 e. The Bertz CT molecular complexity index is 872. The van der Waals surface area contributed by atoms with Crippen LogP contribution >= 0.6 is 0 Å². The van der Waals surface area contributed by atoms with Gasteiger partial charge >= 0.3 is 0 Å². The second kappa shape index (κ2) is 8.80. The highest BCUT2D eigenvalue weighted by Crippen LogP contribution is 2.47. The van der Waals surface area contributed by atoms with E-state index in [1.54, 1.807) is 6.08 Å². The molecule has 30 heavy (non-hydrogen) atoms. The highest BCUT2D eigenvalue weighted by Gasteiger charge is 2.55. The van der Waals surface area contributed by atoms with Crippen molar-refractivity contribution in [3.63, 3.8) is 0 Å². The molecule has 4 heteroatoms. The number of rotatable bonds is 6. The van der Waals surface area contributed by atoms with Crippen molar-refractivity contribution in [1.82, 2.24) is 0 Å². The molecule has 0 unspecified atom stereocenters. The minimum absolute atomic E-state index is 0.0965. The van der Waals surface area contributed by atoms with E-state index in [0.29, 0.717) is 13.2 Å². The second-order valence-corrected chi connectivity index (χ2v) is 9.04. The number of aliphatic hydroxyl groups excluding tert-OH is 1. The number of benzene rings is 2. The Morgan fingerprint density at radius 2 is 2.00 bits per heavy atom. The van der Waals surface area contributed by atoms with Crippen molar-refractivity contribution in [3.8, 4) is 0 Å². The molecule has 0 saturated carbocycles. The van der Waals surface area contributed by atoms with Gasteiger partial charge in [0, 0.05) is 18.3 Å². The first-order valence-corrected chi connectivity index (χ1v) is 11.2. The van der Waals surface area contributed by atoms with Gasteiger partial charge in [-0.05, 0) is 34.7 Å². The van der Waals surface area contributed by atoms with Crippen LogP contribution in [0.5, 0.6) is 0 Å². The van der Waals surface area contributed by atoms with E-state index in [0.717, 1.165) is 18.4 Å². The molecule has 2 saturated heterocycles. The van der Waals surface area contributed by atoms with Gasteiger partial charge in [0.25, 0.3) is 0 Å². The average molecular weight is 411 g/mol. The topological polar surface area (TPSA) is 47.9 Å². The van der Waals surface area contributed by atoms with Crippen molar-refractivity contribution in [1.29, 1.82) is 0 Å². The third kappa shape index (κ3) is 3.94. The van der Waals surface area contributed by atoms with E-state index >= 15 is 0 Å². The summed E-state index contributed by atoms with van der Waals surface area (Å²) in [7, 11) is 0. The molecular formula is C26H34O4. The van der Waals surface area contributed by atoms with Crippen molar-refractivity contribution in [2.24, 2.45) is 17.8 Å². The molecule has 0 aromatic heterocycles. The third-order valence-corrected chi connectivity index (χ3v) is 7.18. The van der Waals surface area contributed by atoms with Gasteiger partial charge in [0.2, 0.25) is 0 Å². The molecule has 1 spiro atoms. The van der Waals surface area contributed by atoms with Crippen molar-refractivity contribution in [2.45, 2.75) is 64.3 Å². The van der Waals surface area contributed by atoms with Gasteiger partial charge in [-0.3, -0.25) is 0 Å². The van der Waals surface area contributed by atoms with Crippen LogP contribution in [-0.2, 0) is 20.8 Å². The lowest BCUT2D eigenvalue weighted by Crippen LogP contribution is -2.61. The van der Waals surface area contributed by atoms with Gasteiger partial charge in [-0.15, -0.1) is 6.58 Å². The molecule has 0 radical (unpaired) electrons. The fourth-order valence-electron chi connectivity index (χ4n) is 4.95. The van der Waals surface area contributed by atoms with Crippen LogP contribution in [0.1, 0.15) is 39.2 Å². The van der Waals surface area contributed by atoms with E-state index in [1.165, 1.54) is 10.8 Å². The first-order chi connectivity index (χ1) is 14.4. The Morgan fingerprint density at radius 3 is 2.70 bits per heavy atom. The number of hydrogen-bond acceptors (Lipinski definition) is 4. The lowest BCUT2D eigenvalue weighted by molar-refractivity contribution is -0.339. The minimum Gasteiger partial charge on any atom is -0.390 e. The molecule has 2 aromatic rings. The lowest BCUT2D eigenvalue weighted by Gasteiger charge is -2.51. The van der Waals surface area contributed by atoms with E-state index < -0.39 is 18.0 Å². The molecule has 0 bridgehead atoms. The number of aliphatic hydroxyl groups is 1. The van der Waals surface area contributed by atoms with Crippen LogP contribution in [0.4, 0.5) is 0 Å². The average Bonchev–Trinajstić information content (AvgIpc) is 3.25. The third-order valence-electron chi connectivity index (χ3n) is 7.18. The smallest absolute Gasteiger partial charge is 0.171 e. The maximum absolute atomic E-state index is 11.1. The fraction of sp³-hybridized carbons (Fsp3) is 0.538. The van der Waals surface area contributed by atoms with Crippen LogP contribution in [0, 0.1) is 17.8 Å². The van der Waals surface area contributed by atoms with Crippen molar-refractivity contribution in [2.75, 3.05) is 6.61 Å². The van der Waals surface area contributed by atoms with Crippen LogP contribution < -0.4 is 0 Å². The van der Waals surface area contributed by atoms with Crippen molar-refractivity contribution < 1.29 is 19.3 Å². The molecule has 2 aliphatic heterocycles. The molecule has 2 aromatic carbocycles. The number of hydrogen-bond donors (Lipinski definition) is 1. The van der Waals surface area contributed by atoms with Gasteiger partial charge in [0.1, 0.15) is 6.10 Å². The molecule has 4 rings (SSSR count). The number of ether oxygens (including phenoxy) is 3. The summed E-state index contributed by atoms with van der Waals surface area (Å²) in [5.74, 6) is -0.340. The monoisotopic (exact) mass is 410 g/mol. The molecule has 2 aliphatic rings. The Labute approximate surface area is 179 Å².